The fourth-order valence-corrected chi connectivity index (χ4v) is 2.32. The van der Waals surface area contributed by atoms with Crippen LogP contribution in [0.5, 0.6) is 5.75 Å². The van der Waals surface area contributed by atoms with E-state index in [-0.39, 0.29) is 13.0 Å². The molecule has 0 atom stereocenters. The van der Waals surface area contributed by atoms with Crippen LogP contribution in [0.25, 0.3) is 0 Å². The van der Waals surface area contributed by atoms with Crippen molar-refractivity contribution < 1.29 is 17.9 Å². The average Bonchev–Trinajstić information content (AvgIpc) is 3.17. The monoisotopic (exact) mass is 351 g/mol. The molecule has 0 spiro atoms. The third-order valence-corrected chi connectivity index (χ3v) is 3.65. The summed E-state index contributed by atoms with van der Waals surface area (Å²) in [6.07, 6.45) is -2.48. The Balaban J connectivity index is 1.76. The lowest BCUT2D eigenvalue weighted by Crippen LogP contribution is -2.15. The minimum Gasteiger partial charge on any atom is -0.492 e. The van der Waals surface area contributed by atoms with Gasteiger partial charge in [0.2, 0.25) is 0 Å². The molecule has 1 fully saturated rings. The number of hydrogen-bond acceptors (Lipinski definition) is 2. The van der Waals surface area contributed by atoms with Crippen molar-refractivity contribution >= 4 is 15.9 Å². The maximum absolute atomic E-state index is 12.0. The van der Waals surface area contributed by atoms with Gasteiger partial charge in [0.25, 0.3) is 0 Å². The van der Waals surface area contributed by atoms with Crippen LogP contribution in [0.1, 0.15) is 31.2 Å². The number of ether oxygens (including phenoxy) is 1. The molecule has 20 heavy (non-hydrogen) atoms. The molecule has 6 heteroatoms. The SMILES string of the molecule is FC(F)(F)CCCOc1ccc(CNC2CC2)cc1Br. The van der Waals surface area contributed by atoms with Crippen molar-refractivity contribution in [2.75, 3.05) is 6.61 Å². The summed E-state index contributed by atoms with van der Waals surface area (Å²) in [5, 5.41) is 3.40. The van der Waals surface area contributed by atoms with Crippen LogP contribution in [-0.4, -0.2) is 18.8 Å². The third kappa shape index (κ3) is 5.71. The first kappa shape index (κ1) is 15.6. The molecule has 2 rings (SSSR count). The van der Waals surface area contributed by atoms with Crippen molar-refractivity contribution in [3.05, 3.63) is 28.2 Å². The molecule has 2 nitrogen and oxygen atoms in total. The number of benzene rings is 1. The molecule has 112 valence electrons. The van der Waals surface area contributed by atoms with Crippen LogP contribution in [0.2, 0.25) is 0 Å². The molecular formula is C14H17BrF3NO. The van der Waals surface area contributed by atoms with E-state index in [9.17, 15) is 13.2 Å². The second-order valence-corrected chi connectivity index (χ2v) is 5.84. The van der Waals surface area contributed by atoms with Gasteiger partial charge in [-0.2, -0.15) is 13.2 Å². The second-order valence-electron chi connectivity index (χ2n) is 4.99. The Hall–Kier alpha value is -0.750. The third-order valence-electron chi connectivity index (χ3n) is 3.03. The predicted molar refractivity (Wildman–Crippen MR) is 74.8 cm³/mol. The molecule has 0 aromatic heterocycles. The van der Waals surface area contributed by atoms with Crippen molar-refractivity contribution in [2.45, 2.75) is 44.4 Å². The predicted octanol–water partition coefficient (Wildman–Crippen LogP) is 4.42. The summed E-state index contributed by atoms with van der Waals surface area (Å²) < 4.78 is 42.1. The van der Waals surface area contributed by atoms with E-state index in [1.165, 1.54) is 12.8 Å². The highest BCUT2D eigenvalue weighted by molar-refractivity contribution is 9.10. The second kappa shape index (κ2) is 6.80. The maximum atomic E-state index is 12.0. The van der Waals surface area contributed by atoms with Crippen molar-refractivity contribution in [3.63, 3.8) is 0 Å². The van der Waals surface area contributed by atoms with Gasteiger partial charge in [-0.25, -0.2) is 0 Å². The highest BCUT2D eigenvalue weighted by Crippen LogP contribution is 2.28. The van der Waals surface area contributed by atoms with Crippen LogP contribution in [-0.2, 0) is 6.54 Å². The van der Waals surface area contributed by atoms with Gasteiger partial charge in [0.15, 0.2) is 0 Å². The zero-order valence-corrected chi connectivity index (χ0v) is 12.6. The van der Waals surface area contributed by atoms with E-state index in [0.717, 1.165) is 16.6 Å². The lowest BCUT2D eigenvalue weighted by molar-refractivity contribution is -0.136. The molecule has 1 aliphatic rings. The highest BCUT2D eigenvalue weighted by Gasteiger charge is 2.26. The molecule has 1 aromatic carbocycles. The van der Waals surface area contributed by atoms with E-state index in [2.05, 4.69) is 21.2 Å². The Morgan fingerprint density at radius 1 is 1.30 bits per heavy atom. The molecule has 0 radical (unpaired) electrons. The number of hydrogen-bond donors (Lipinski definition) is 1. The summed E-state index contributed by atoms with van der Waals surface area (Å²) >= 11 is 3.39. The summed E-state index contributed by atoms with van der Waals surface area (Å²) in [4.78, 5) is 0. The van der Waals surface area contributed by atoms with Crippen molar-refractivity contribution in [1.29, 1.82) is 0 Å². The minimum absolute atomic E-state index is 0.0269. The summed E-state index contributed by atoms with van der Waals surface area (Å²) in [6, 6.07) is 6.31. The topological polar surface area (TPSA) is 21.3 Å². The minimum atomic E-state index is -4.11. The van der Waals surface area contributed by atoms with Gasteiger partial charge in [0, 0.05) is 19.0 Å². The molecule has 1 aliphatic carbocycles. The fourth-order valence-electron chi connectivity index (χ4n) is 1.78. The van der Waals surface area contributed by atoms with E-state index >= 15 is 0 Å². The molecule has 0 unspecified atom stereocenters. The van der Waals surface area contributed by atoms with Crippen LogP contribution in [0.3, 0.4) is 0 Å². The lowest BCUT2D eigenvalue weighted by Gasteiger charge is -2.11. The van der Waals surface area contributed by atoms with Crippen molar-refractivity contribution in [3.8, 4) is 5.75 Å². The van der Waals surface area contributed by atoms with Gasteiger partial charge < -0.3 is 10.1 Å². The van der Waals surface area contributed by atoms with Gasteiger partial charge in [-0.1, -0.05) is 6.07 Å². The van der Waals surface area contributed by atoms with Gasteiger partial charge in [-0.3, -0.25) is 0 Å². The fraction of sp³-hybridized carbons (Fsp3) is 0.571. The van der Waals surface area contributed by atoms with Gasteiger partial charge in [0.1, 0.15) is 5.75 Å². The molecule has 1 aromatic rings. The average molecular weight is 352 g/mol. The van der Waals surface area contributed by atoms with Crippen LogP contribution < -0.4 is 10.1 Å². The lowest BCUT2D eigenvalue weighted by atomic mass is 10.2. The number of alkyl halides is 3. The molecule has 0 aliphatic heterocycles. The standard InChI is InChI=1S/C14H17BrF3NO/c15-12-8-10(9-19-11-3-4-11)2-5-13(12)20-7-1-6-14(16,17)18/h2,5,8,11,19H,1,3-4,6-7,9H2. The zero-order valence-electron chi connectivity index (χ0n) is 11.0. The smallest absolute Gasteiger partial charge is 0.389 e. The first-order valence-electron chi connectivity index (χ1n) is 6.65. The van der Waals surface area contributed by atoms with Crippen LogP contribution in [0.4, 0.5) is 13.2 Å². The molecule has 1 saturated carbocycles. The van der Waals surface area contributed by atoms with Gasteiger partial charge in [-0.05, 0) is 52.9 Å². The largest absolute Gasteiger partial charge is 0.492 e. The molecule has 1 N–H and O–H groups in total. The quantitative estimate of drug-likeness (QED) is 0.734. The van der Waals surface area contributed by atoms with Crippen molar-refractivity contribution in [2.24, 2.45) is 0 Å². The Kier molecular flexibility index (Phi) is 5.32. The number of halogens is 4. The van der Waals surface area contributed by atoms with E-state index in [1.807, 2.05) is 12.1 Å². The van der Waals surface area contributed by atoms with Gasteiger partial charge in [0.05, 0.1) is 11.1 Å². The first-order chi connectivity index (χ1) is 9.44. The highest BCUT2D eigenvalue weighted by atomic mass is 79.9. The van der Waals surface area contributed by atoms with E-state index < -0.39 is 12.6 Å². The van der Waals surface area contributed by atoms with E-state index in [1.54, 1.807) is 6.07 Å². The summed E-state index contributed by atoms with van der Waals surface area (Å²) in [7, 11) is 0. The van der Waals surface area contributed by atoms with Crippen LogP contribution >= 0.6 is 15.9 Å². The number of nitrogens with one attached hydrogen (secondary N) is 1. The van der Waals surface area contributed by atoms with Gasteiger partial charge >= 0.3 is 6.18 Å². The zero-order chi connectivity index (χ0) is 14.6. The molecule has 0 bridgehead atoms. The summed E-state index contributed by atoms with van der Waals surface area (Å²) in [6.45, 7) is 0.870. The Bertz CT molecular complexity index is 447. The van der Waals surface area contributed by atoms with Gasteiger partial charge in [-0.15, -0.1) is 0 Å². The number of rotatable bonds is 7. The van der Waals surface area contributed by atoms with Crippen molar-refractivity contribution in [1.82, 2.24) is 5.32 Å². The summed E-state index contributed by atoms with van der Waals surface area (Å²) in [5.41, 5.74) is 1.13. The normalized spacial score (nSPS) is 15.4. The molecule has 0 heterocycles. The Labute approximate surface area is 124 Å². The van der Waals surface area contributed by atoms with E-state index in [0.29, 0.717) is 11.8 Å². The Morgan fingerprint density at radius 2 is 2.05 bits per heavy atom. The first-order valence-corrected chi connectivity index (χ1v) is 7.45. The van der Waals surface area contributed by atoms with Crippen LogP contribution in [0.15, 0.2) is 22.7 Å². The maximum Gasteiger partial charge on any atom is 0.389 e. The summed E-state index contributed by atoms with van der Waals surface area (Å²) in [5.74, 6) is 0.586. The van der Waals surface area contributed by atoms with E-state index in [4.69, 9.17) is 4.74 Å². The molecule has 0 amide bonds. The molecule has 0 saturated heterocycles. The Morgan fingerprint density at radius 3 is 2.65 bits per heavy atom. The van der Waals surface area contributed by atoms with Crippen LogP contribution in [0, 0.1) is 0 Å². The molecular weight excluding hydrogens is 335 g/mol.